The van der Waals surface area contributed by atoms with Crippen LogP contribution in [-0.4, -0.2) is 82.3 Å². The fraction of sp³-hybridized carbons (Fsp3) is 0.520. The van der Waals surface area contributed by atoms with Gasteiger partial charge in [-0.15, -0.1) is 0 Å². The van der Waals surface area contributed by atoms with Gasteiger partial charge in [0.2, 0.25) is 20.0 Å². The topological polar surface area (TPSA) is 74.8 Å². The van der Waals surface area contributed by atoms with Gasteiger partial charge in [-0.05, 0) is 38.1 Å². The Labute approximate surface area is 205 Å². The van der Waals surface area contributed by atoms with Gasteiger partial charge in [0.1, 0.15) is 0 Å². The predicted octanol–water partition coefficient (Wildman–Crippen LogP) is 3.25. The number of benzene rings is 2. The highest BCUT2D eigenvalue weighted by Crippen LogP contribution is 2.25. The molecular formula is C25H38N3O4S2+. The summed E-state index contributed by atoms with van der Waals surface area (Å²) in [7, 11) is -7.44. The standard InChI is InChI=1S/C24H34N3O4S2.CH4/c1-21-5-9-23(10-6-21)32(28,29)25-13-14-26(16-20-27(19-15-25)17-3-4-18-27)33(30,31)24-11-7-22(2)8-12-24;/h5-12H,3-4,13-20H2,1-2H3;1H4/q+1;. The van der Waals surface area contributed by atoms with Crippen molar-refractivity contribution >= 4 is 20.0 Å². The molecule has 0 aliphatic carbocycles. The first-order valence-electron chi connectivity index (χ1n) is 11.6. The molecule has 0 unspecified atom stereocenters. The highest BCUT2D eigenvalue weighted by Gasteiger charge is 2.38. The van der Waals surface area contributed by atoms with Crippen LogP contribution < -0.4 is 0 Å². The van der Waals surface area contributed by atoms with E-state index in [9.17, 15) is 16.8 Å². The number of nitrogens with zero attached hydrogens (tertiary/aromatic N) is 3. The minimum atomic E-state index is -3.72. The minimum absolute atomic E-state index is 0. The molecule has 4 rings (SSSR count). The Morgan fingerprint density at radius 2 is 0.941 bits per heavy atom. The third-order valence-electron chi connectivity index (χ3n) is 7.08. The SMILES string of the molecule is C.Cc1ccc(S(=O)(=O)N2CCN(S(=O)(=O)c3ccc(C)cc3)CC[N+]3(CCCC3)CC2)cc1. The fourth-order valence-corrected chi connectivity index (χ4v) is 7.70. The largest absolute Gasteiger partial charge is 0.321 e. The van der Waals surface area contributed by atoms with Crippen molar-refractivity contribution in [1.29, 1.82) is 0 Å². The van der Waals surface area contributed by atoms with Crippen molar-refractivity contribution in [3.63, 3.8) is 0 Å². The summed E-state index contributed by atoms with van der Waals surface area (Å²) in [6, 6.07) is 13.7. The van der Waals surface area contributed by atoms with E-state index in [0.29, 0.717) is 26.2 Å². The van der Waals surface area contributed by atoms with Crippen molar-refractivity contribution in [2.45, 2.75) is 43.9 Å². The summed E-state index contributed by atoms with van der Waals surface area (Å²) < 4.78 is 57.7. The van der Waals surface area contributed by atoms with Crippen molar-refractivity contribution in [3.05, 3.63) is 59.7 Å². The van der Waals surface area contributed by atoms with Gasteiger partial charge in [-0.3, -0.25) is 0 Å². The van der Waals surface area contributed by atoms with Gasteiger partial charge in [-0.2, -0.15) is 8.61 Å². The summed E-state index contributed by atoms with van der Waals surface area (Å²) in [6.07, 6.45) is 2.19. The van der Waals surface area contributed by atoms with Crippen LogP contribution in [0.25, 0.3) is 0 Å². The third kappa shape index (κ3) is 5.54. The zero-order valence-electron chi connectivity index (χ0n) is 19.5. The van der Waals surface area contributed by atoms with E-state index in [-0.39, 0.29) is 30.3 Å². The molecule has 2 aliphatic rings. The average Bonchev–Trinajstić information content (AvgIpc) is 3.27. The molecule has 1 spiro atoms. The van der Waals surface area contributed by atoms with Crippen molar-refractivity contribution in [2.75, 3.05) is 52.4 Å². The van der Waals surface area contributed by atoms with E-state index in [2.05, 4.69) is 0 Å². The minimum Gasteiger partial charge on any atom is -0.321 e. The summed E-state index contributed by atoms with van der Waals surface area (Å²) in [5.41, 5.74) is 1.99. The maximum atomic E-state index is 13.5. The Hall–Kier alpha value is -1.78. The number of aryl methyl sites for hydroxylation is 2. The molecule has 188 valence electrons. The van der Waals surface area contributed by atoms with Crippen LogP contribution in [0.5, 0.6) is 0 Å². The van der Waals surface area contributed by atoms with Crippen LogP contribution in [0.1, 0.15) is 31.4 Å². The van der Waals surface area contributed by atoms with Crippen molar-refractivity contribution in [1.82, 2.24) is 8.61 Å². The van der Waals surface area contributed by atoms with Gasteiger partial charge in [-0.25, -0.2) is 16.8 Å². The molecule has 2 aromatic rings. The highest BCUT2D eigenvalue weighted by molar-refractivity contribution is 7.89. The van der Waals surface area contributed by atoms with Gasteiger partial charge in [-0.1, -0.05) is 42.8 Å². The zero-order chi connectivity index (χ0) is 23.7. The van der Waals surface area contributed by atoms with Gasteiger partial charge in [0.25, 0.3) is 0 Å². The summed E-state index contributed by atoms with van der Waals surface area (Å²) in [6.45, 7) is 8.28. The molecule has 34 heavy (non-hydrogen) atoms. The fourth-order valence-electron chi connectivity index (χ4n) is 4.86. The van der Waals surface area contributed by atoms with E-state index in [1.54, 1.807) is 48.5 Å². The molecule has 0 amide bonds. The van der Waals surface area contributed by atoms with Crippen LogP contribution >= 0.6 is 0 Å². The maximum absolute atomic E-state index is 13.5. The van der Waals surface area contributed by atoms with E-state index >= 15 is 0 Å². The Kier molecular flexibility index (Phi) is 8.25. The summed E-state index contributed by atoms with van der Waals surface area (Å²) in [5.74, 6) is 0. The smallest absolute Gasteiger partial charge is 0.243 e. The second-order valence-corrected chi connectivity index (χ2v) is 13.3. The first-order chi connectivity index (χ1) is 15.6. The second kappa shape index (κ2) is 10.5. The van der Waals surface area contributed by atoms with E-state index in [1.165, 1.54) is 8.61 Å². The third-order valence-corrected chi connectivity index (χ3v) is 10.9. The normalized spacial score (nSPS) is 20.3. The quantitative estimate of drug-likeness (QED) is 0.595. The number of quaternary nitrogens is 1. The molecule has 2 heterocycles. The van der Waals surface area contributed by atoms with Gasteiger partial charge in [0.05, 0.1) is 49.1 Å². The van der Waals surface area contributed by atoms with Crippen molar-refractivity contribution in [3.8, 4) is 0 Å². The van der Waals surface area contributed by atoms with Gasteiger partial charge in [0, 0.05) is 25.9 Å². The van der Waals surface area contributed by atoms with Crippen LogP contribution in [0.2, 0.25) is 0 Å². The Morgan fingerprint density at radius 3 is 1.29 bits per heavy atom. The molecule has 2 fully saturated rings. The van der Waals surface area contributed by atoms with E-state index in [0.717, 1.165) is 41.5 Å². The number of sulfonamides is 2. The van der Waals surface area contributed by atoms with Crippen LogP contribution in [0.15, 0.2) is 58.3 Å². The lowest BCUT2D eigenvalue weighted by Gasteiger charge is -2.35. The average molecular weight is 509 g/mol. The number of hydrogen-bond donors (Lipinski definition) is 0. The molecule has 0 atom stereocenters. The Morgan fingerprint density at radius 1 is 0.588 bits per heavy atom. The first kappa shape index (κ1) is 26.8. The second-order valence-electron chi connectivity index (χ2n) is 9.38. The van der Waals surface area contributed by atoms with Gasteiger partial charge in [0.15, 0.2) is 0 Å². The van der Waals surface area contributed by atoms with Crippen LogP contribution in [-0.2, 0) is 20.0 Å². The molecule has 0 aromatic heterocycles. The summed E-state index contributed by atoms with van der Waals surface area (Å²) >= 11 is 0. The molecular weight excluding hydrogens is 470 g/mol. The van der Waals surface area contributed by atoms with Crippen molar-refractivity contribution in [2.24, 2.45) is 0 Å². The Balaban J connectivity index is 0.00000324. The van der Waals surface area contributed by atoms with Gasteiger partial charge >= 0.3 is 0 Å². The summed E-state index contributed by atoms with van der Waals surface area (Å²) in [4.78, 5) is 0.515. The molecule has 0 saturated carbocycles. The first-order valence-corrected chi connectivity index (χ1v) is 14.5. The van der Waals surface area contributed by atoms with E-state index in [4.69, 9.17) is 0 Å². The molecule has 2 aliphatic heterocycles. The van der Waals surface area contributed by atoms with Crippen LogP contribution in [0.3, 0.4) is 0 Å². The molecule has 9 heteroatoms. The number of rotatable bonds is 4. The molecule has 7 nitrogen and oxygen atoms in total. The van der Waals surface area contributed by atoms with Crippen molar-refractivity contribution < 1.29 is 21.3 Å². The molecule has 0 bridgehead atoms. The Bertz CT molecular complexity index is 1080. The van der Waals surface area contributed by atoms with E-state index in [1.807, 2.05) is 13.8 Å². The lowest BCUT2D eigenvalue weighted by molar-refractivity contribution is -0.915. The predicted molar refractivity (Wildman–Crippen MR) is 136 cm³/mol. The maximum Gasteiger partial charge on any atom is 0.243 e. The monoisotopic (exact) mass is 508 g/mol. The molecule has 2 aromatic carbocycles. The zero-order valence-corrected chi connectivity index (χ0v) is 21.1. The summed E-state index contributed by atoms with van der Waals surface area (Å²) in [5, 5.41) is 0. The molecule has 0 N–H and O–H groups in total. The lowest BCUT2D eigenvalue weighted by atomic mass is 10.2. The van der Waals surface area contributed by atoms with Crippen LogP contribution in [0, 0.1) is 13.8 Å². The highest BCUT2D eigenvalue weighted by atomic mass is 32.2. The number of hydrogen-bond acceptors (Lipinski definition) is 4. The van der Waals surface area contributed by atoms with Crippen LogP contribution in [0.4, 0.5) is 0 Å². The molecule has 0 radical (unpaired) electrons. The van der Waals surface area contributed by atoms with Gasteiger partial charge < -0.3 is 4.48 Å². The lowest BCUT2D eigenvalue weighted by Crippen LogP contribution is -2.52. The molecule has 2 saturated heterocycles. The van der Waals surface area contributed by atoms with E-state index < -0.39 is 20.0 Å².